The molecule has 1 aliphatic heterocycles. The van der Waals surface area contributed by atoms with E-state index < -0.39 is 0 Å². The minimum Gasteiger partial charge on any atom is -0.317 e. The van der Waals surface area contributed by atoms with Gasteiger partial charge in [0.15, 0.2) is 0 Å². The van der Waals surface area contributed by atoms with Crippen molar-refractivity contribution < 1.29 is 0 Å². The van der Waals surface area contributed by atoms with E-state index in [0.717, 1.165) is 5.66 Å². The molecule has 1 aliphatic rings. The minimum absolute atomic E-state index is 0.890. The molecule has 0 amide bonds. The van der Waals surface area contributed by atoms with Crippen LogP contribution in [0.25, 0.3) is 0 Å². The van der Waals surface area contributed by atoms with Gasteiger partial charge < -0.3 is 5.32 Å². The fraction of sp³-hybridized carbons (Fsp3) is 1.00. The average molecular weight is 177 g/mol. The Morgan fingerprint density at radius 3 is 1.55 bits per heavy atom. The Kier molecular flexibility index (Phi) is 16.5. The second-order valence-corrected chi connectivity index (χ2v) is 3.03. The number of piperidine rings is 1. The van der Waals surface area contributed by atoms with Crippen molar-refractivity contribution in [2.45, 2.75) is 46.2 Å². The third-order valence-corrected chi connectivity index (χ3v) is 2.05. The van der Waals surface area contributed by atoms with E-state index in [4.69, 9.17) is 0 Å². The lowest BCUT2D eigenvalue weighted by Gasteiger charge is -2.17. The highest BCUT2D eigenvalue weighted by Gasteiger charge is 2.05. The number of rotatable bonds is 0. The van der Waals surface area contributed by atoms with Gasteiger partial charge in [0, 0.05) is 0 Å². The van der Waals surface area contributed by atoms with Gasteiger partial charge in [-0.3, -0.25) is 0 Å². The van der Waals surface area contributed by atoms with Gasteiger partial charge in [0.1, 0.15) is 0 Å². The Morgan fingerprint density at radius 1 is 1.00 bits per heavy atom. The second-order valence-electron chi connectivity index (χ2n) is 2.09. The predicted molar refractivity (Wildman–Crippen MR) is 58.3 cm³/mol. The summed E-state index contributed by atoms with van der Waals surface area (Å²) in [5, 5.41) is 3.30. The van der Waals surface area contributed by atoms with Crippen LogP contribution in [0, 0.1) is 0 Å². The molecule has 1 fully saturated rings. The highest BCUT2D eigenvalue weighted by molar-refractivity contribution is 7.17. The number of hydrogen-bond acceptors (Lipinski definition) is 1. The van der Waals surface area contributed by atoms with Crippen LogP contribution in [0.3, 0.4) is 0 Å². The van der Waals surface area contributed by atoms with Crippen molar-refractivity contribution in [2.24, 2.45) is 0 Å². The van der Waals surface area contributed by atoms with Gasteiger partial charge >= 0.3 is 0 Å². The monoisotopic (exact) mass is 177 g/mol. The first kappa shape index (κ1) is 13.9. The normalized spacial score (nSPS) is 17.2. The molecule has 1 saturated heterocycles. The Hall–Kier alpha value is 0.390. The third-order valence-electron chi connectivity index (χ3n) is 1.38. The van der Waals surface area contributed by atoms with Crippen molar-refractivity contribution in [1.29, 1.82) is 0 Å². The summed E-state index contributed by atoms with van der Waals surface area (Å²) < 4.78 is 0. The van der Waals surface area contributed by atoms with Crippen LogP contribution in [0.1, 0.15) is 40.5 Å². The topological polar surface area (TPSA) is 12.0 Å². The van der Waals surface area contributed by atoms with Crippen LogP contribution in [-0.2, 0) is 0 Å². The Balaban J connectivity index is 0. The van der Waals surface area contributed by atoms with Crippen molar-refractivity contribution in [3.8, 4) is 0 Å². The first-order valence-corrected chi connectivity index (χ1v) is 5.52. The van der Waals surface area contributed by atoms with Gasteiger partial charge in [-0.15, -0.1) is 9.24 Å². The first-order valence-electron chi connectivity index (χ1n) is 4.86. The molecule has 0 aromatic rings. The molecule has 0 aromatic carbocycles. The largest absolute Gasteiger partial charge is 0.317 e. The standard InChI is InChI=1S/C5H12NP.2C2H6/c7-5-1-3-6-4-2-5;2*1-2/h5-6H,1-4,7H2;2*1-2H3. The van der Waals surface area contributed by atoms with E-state index in [1.54, 1.807) is 0 Å². The molecular formula is C9H24NP. The van der Waals surface area contributed by atoms with Gasteiger partial charge in [-0.1, -0.05) is 27.7 Å². The highest BCUT2D eigenvalue weighted by atomic mass is 31.0. The van der Waals surface area contributed by atoms with Crippen molar-refractivity contribution in [3.05, 3.63) is 0 Å². The summed E-state index contributed by atoms with van der Waals surface area (Å²) in [5.41, 5.74) is 0.890. The number of nitrogens with one attached hydrogen (secondary N) is 1. The van der Waals surface area contributed by atoms with Crippen LogP contribution < -0.4 is 5.32 Å². The fourth-order valence-electron chi connectivity index (χ4n) is 0.844. The summed E-state index contributed by atoms with van der Waals surface area (Å²) in [4.78, 5) is 0. The summed E-state index contributed by atoms with van der Waals surface area (Å²) in [5.74, 6) is 0. The molecule has 0 aromatic heterocycles. The van der Waals surface area contributed by atoms with E-state index in [1.807, 2.05) is 27.7 Å². The van der Waals surface area contributed by atoms with Crippen LogP contribution in [0.2, 0.25) is 0 Å². The molecule has 0 spiro atoms. The van der Waals surface area contributed by atoms with Crippen molar-refractivity contribution in [3.63, 3.8) is 0 Å². The lowest BCUT2D eigenvalue weighted by molar-refractivity contribution is 0.531. The quantitative estimate of drug-likeness (QED) is 0.561. The Bertz CT molecular complexity index is 51.5. The van der Waals surface area contributed by atoms with Crippen LogP contribution >= 0.6 is 9.24 Å². The zero-order chi connectivity index (χ0) is 9.11. The zero-order valence-electron chi connectivity index (χ0n) is 8.48. The Labute approximate surface area is 74.5 Å². The minimum atomic E-state index is 0.890. The maximum absolute atomic E-state index is 3.30. The lowest BCUT2D eigenvalue weighted by atomic mass is 10.2. The predicted octanol–water partition coefficient (Wildman–Crippen LogP) is 2.67. The molecule has 0 radical (unpaired) electrons. The molecule has 1 rings (SSSR count). The van der Waals surface area contributed by atoms with Gasteiger partial charge in [-0.05, 0) is 31.6 Å². The van der Waals surface area contributed by atoms with Crippen LogP contribution in [0.4, 0.5) is 0 Å². The molecule has 0 aliphatic carbocycles. The third kappa shape index (κ3) is 10.4. The second kappa shape index (κ2) is 13.0. The maximum Gasteiger partial charge on any atom is -0.00431 e. The molecule has 1 N–H and O–H groups in total. The fourth-order valence-corrected chi connectivity index (χ4v) is 1.18. The highest BCUT2D eigenvalue weighted by Crippen LogP contribution is 2.11. The van der Waals surface area contributed by atoms with Gasteiger partial charge in [-0.25, -0.2) is 0 Å². The maximum atomic E-state index is 3.30. The first-order chi connectivity index (χ1) is 5.39. The summed E-state index contributed by atoms with van der Waals surface area (Å²) in [6, 6.07) is 0. The van der Waals surface area contributed by atoms with Crippen molar-refractivity contribution >= 4 is 9.24 Å². The molecule has 1 atom stereocenters. The number of hydrogen-bond donors (Lipinski definition) is 1. The summed E-state index contributed by atoms with van der Waals surface area (Å²) in [6.07, 6.45) is 2.68. The van der Waals surface area contributed by atoms with E-state index >= 15 is 0 Å². The molecule has 70 valence electrons. The molecular weight excluding hydrogens is 153 g/mol. The van der Waals surface area contributed by atoms with Gasteiger partial charge in [0.05, 0.1) is 0 Å². The van der Waals surface area contributed by atoms with E-state index in [-0.39, 0.29) is 0 Å². The van der Waals surface area contributed by atoms with Crippen LogP contribution in [0.5, 0.6) is 0 Å². The van der Waals surface area contributed by atoms with Gasteiger partial charge in [0.25, 0.3) is 0 Å². The van der Waals surface area contributed by atoms with E-state index in [9.17, 15) is 0 Å². The smallest absolute Gasteiger partial charge is 0.00431 e. The molecule has 2 heteroatoms. The molecule has 0 bridgehead atoms. The van der Waals surface area contributed by atoms with Crippen molar-refractivity contribution in [2.75, 3.05) is 13.1 Å². The van der Waals surface area contributed by atoms with Gasteiger partial charge in [0.2, 0.25) is 0 Å². The van der Waals surface area contributed by atoms with E-state index in [1.165, 1.54) is 25.9 Å². The summed E-state index contributed by atoms with van der Waals surface area (Å²) in [6.45, 7) is 10.4. The molecule has 0 saturated carbocycles. The summed E-state index contributed by atoms with van der Waals surface area (Å²) in [7, 11) is 2.87. The molecule has 1 nitrogen and oxygen atoms in total. The average Bonchev–Trinajstić information content (AvgIpc) is 2.13. The Morgan fingerprint density at radius 2 is 1.36 bits per heavy atom. The lowest BCUT2D eigenvalue weighted by Crippen LogP contribution is -2.27. The van der Waals surface area contributed by atoms with E-state index in [0.29, 0.717) is 0 Å². The van der Waals surface area contributed by atoms with Crippen LogP contribution in [0.15, 0.2) is 0 Å². The molecule has 1 unspecified atom stereocenters. The van der Waals surface area contributed by atoms with Crippen molar-refractivity contribution in [1.82, 2.24) is 5.32 Å². The summed E-state index contributed by atoms with van der Waals surface area (Å²) >= 11 is 0. The van der Waals surface area contributed by atoms with Gasteiger partial charge in [-0.2, -0.15) is 0 Å². The van der Waals surface area contributed by atoms with E-state index in [2.05, 4.69) is 14.6 Å². The molecule has 1 heterocycles. The SMILES string of the molecule is CC.CC.PC1CCNCC1. The van der Waals surface area contributed by atoms with Crippen LogP contribution in [-0.4, -0.2) is 18.7 Å². The molecule has 11 heavy (non-hydrogen) atoms. The zero-order valence-corrected chi connectivity index (χ0v) is 9.64.